The van der Waals surface area contributed by atoms with E-state index in [4.69, 9.17) is 5.73 Å². The van der Waals surface area contributed by atoms with Crippen molar-refractivity contribution >= 4 is 32.6 Å². The first-order valence-electron chi connectivity index (χ1n) is 4.49. The van der Waals surface area contributed by atoms with Gasteiger partial charge in [-0.05, 0) is 28.1 Å². The van der Waals surface area contributed by atoms with E-state index in [1.165, 1.54) is 0 Å². The van der Waals surface area contributed by atoms with Gasteiger partial charge in [0.2, 0.25) is 0 Å². The van der Waals surface area contributed by atoms with E-state index in [9.17, 15) is 4.79 Å². The van der Waals surface area contributed by atoms with Crippen molar-refractivity contribution in [3.05, 3.63) is 28.4 Å². The van der Waals surface area contributed by atoms with Gasteiger partial charge >= 0.3 is 0 Å². The highest BCUT2D eigenvalue weighted by molar-refractivity contribution is 9.10. The number of fused-ring (bicyclic) bond motifs is 1. The third kappa shape index (κ3) is 1.57. The molecule has 1 aromatic carbocycles. The monoisotopic (exact) mass is 267 g/mol. The Bertz CT molecular complexity index is 533. The summed E-state index contributed by atoms with van der Waals surface area (Å²) in [7, 11) is 1.81. The van der Waals surface area contributed by atoms with E-state index in [1.807, 2.05) is 12.1 Å². The second-order valence-corrected chi connectivity index (χ2v) is 3.99. The average Bonchev–Trinajstić information content (AvgIpc) is 2.54. The number of aromatic nitrogens is 2. The number of nitrogens with two attached hydrogens (primary N) is 1. The van der Waals surface area contributed by atoms with Crippen molar-refractivity contribution in [3.8, 4) is 0 Å². The maximum absolute atomic E-state index is 11.6. The van der Waals surface area contributed by atoms with Crippen molar-refractivity contribution in [1.29, 1.82) is 0 Å². The summed E-state index contributed by atoms with van der Waals surface area (Å²) in [6.07, 6.45) is 0. The molecule has 78 valence electrons. The largest absolute Gasteiger partial charge is 0.324 e. The van der Waals surface area contributed by atoms with Crippen molar-refractivity contribution in [2.45, 2.75) is 0 Å². The minimum absolute atomic E-state index is 0.0158. The molecule has 0 radical (unpaired) electrons. The number of para-hydroxylation sites is 1. The second-order valence-electron chi connectivity index (χ2n) is 3.24. The van der Waals surface area contributed by atoms with Crippen LogP contribution in [0.2, 0.25) is 0 Å². The van der Waals surface area contributed by atoms with Gasteiger partial charge in [-0.3, -0.25) is 9.48 Å². The minimum Gasteiger partial charge on any atom is -0.324 e. The lowest BCUT2D eigenvalue weighted by Gasteiger charge is -2.01. The quantitative estimate of drug-likeness (QED) is 0.839. The van der Waals surface area contributed by atoms with Gasteiger partial charge in [0.1, 0.15) is 4.60 Å². The number of ketones is 1. The van der Waals surface area contributed by atoms with Gasteiger partial charge in [-0.1, -0.05) is 6.07 Å². The van der Waals surface area contributed by atoms with Crippen LogP contribution in [-0.4, -0.2) is 22.1 Å². The lowest BCUT2D eigenvalue weighted by Crippen LogP contribution is -2.14. The topological polar surface area (TPSA) is 60.9 Å². The summed E-state index contributed by atoms with van der Waals surface area (Å²) in [6.45, 7) is 0.0158. The molecule has 0 aliphatic heterocycles. The summed E-state index contributed by atoms with van der Waals surface area (Å²) in [4.78, 5) is 11.6. The number of carbonyl (C=O) groups is 1. The molecular formula is C10H10BrN3O. The molecule has 0 atom stereocenters. The van der Waals surface area contributed by atoms with E-state index in [0.29, 0.717) is 5.56 Å². The van der Waals surface area contributed by atoms with E-state index >= 15 is 0 Å². The number of halogens is 1. The van der Waals surface area contributed by atoms with Gasteiger partial charge < -0.3 is 5.73 Å². The molecule has 0 saturated heterocycles. The summed E-state index contributed by atoms with van der Waals surface area (Å²) in [5, 5.41) is 5.14. The number of carbonyl (C=O) groups excluding carboxylic acids is 1. The molecular weight excluding hydrogens is 258 g/mol. The molecule has 15 heavy (non-hydrogen) atoms. The van der Waals surface area contributed by atoms with Gasteiger partial charge in [0.05, 0.1) is 12.1 Å². The fourth-order valence-corrected chi connectivity index (χ4v) is 2.19. The first-order valence-corrected chi connectivity index (χ1v) is 5.29. The van der Waals surface area contributed by atoms with Crippen molar-refractivity contribution in [2.75, 3.05) is 6.54 Å². The van der Waals surface area contributed by atoms with Crippen molar-refractivity contribution < 1.29 is 4.79 Å². The maximum atomic E-state index is 11.6. The summed E-state index contributed by atoms with van der Waals surface area (Å²) >= 11 is 3.35. The fourth-order valence-electron chi connectivity index (χ4n) is 1.63. The van der Waals surface area contributed by atoms with Crippen LogP contribution in [0.25, 0.3) is 10.9 Å². The van der Waals surface area contributed by atoms with Crippen molar-refractivity contribution in [2.24, 2.45) is 12.8 Å². The zero-order valence-corrected chi connectivity index (χ0v) is 9.78. The van der Waals surface area contributed by atoms with Crippen LogP contribution in [0.4, 0.5) is 0 Å². The van der Waals surface area contributed by atoms with Crippen LogP contribution in [-0.2, 0) is 7.05 Å². The minimum atomic E-state index is -0.0731. The molecule has 1 aromatic heterocycles. The Balaban J connectivity index is 2.80. The average molecular weight is 268 g/mol. The Morgan fingerprint density at radius 3 is 3.00 bits per heavy atom. The van der Waals surface area contributed by atoms with Crippen LogP contribution in [0, 0.1) is 0 Å². The first kappa shape index (κ1) is 10.3. The molecule has 0 amide bonds. The van der Waals surface area contributed by atoms with E-state index in [0.717, 1.165) is 15.5 Å². The van der Waals surface area contributed by atoms with Crippen LogP contribution >= 0.6 is 15.9 Å². The summed E-state index contributed by atoms with van der Waals surface area (Å²) in [5.41, 5.74) is 6.80. The van der Waals surface area contributed by atoms with E-state index in [-0.39, 0.29) is 12.3 Å². The highest BCUT2D eigenvalue weighted by atomic mass is 79.9. The predicted octanol–water partition coefficient (Wildman–Crippen LogP) is 1.48. The lowest BCUT2D eigenvalue weighted by atomic mass is 10.1. The number of benzene rings is 1. The molecule has 1 heterocycles. The Hall–Kier alpha value is -1.20. The Morgan fingerprint density at radius 1 is 1.60 bits per heavy atom. The molecule has 0 aliphatic rings. The van der Waals surface area contributed by atoms with Crippen LogP contribution in [0.3, 0.4) is 0 Å². The Labute approximate surface area is 95.2 Å². The number of rotatable bonds is 2. The molecule has 0 saturated carbocycles. The zero-order valence-electron chi connectivity index (χ0n) is 8.20. The molecule has 4 nitrogen and oxygen atoms in total. The number of Topliss-reactive ketones (excluding diaryl/α,β-unsaturated/α-hetero) is 1. The summed E-state index contributed by atoms with van der Waals surface area (Å²) in [5.74, 6) is -0.0731. The molecule has 0 bridgehead atoms. The van der Waals surface area contributed by atoms with Gasteiger partial charge in [-0.2, -0.15) is 5.10 Å². The number of aryl methyl sites for hydroxylation is 1. The molecule has 2 N–H and O–H groups in total. The fraction of sp³-hybridized carbons (Fsp3) is 0.200. The van der Waals surface area contributed by atoms with Crippen LogP contribution in [0.5, 0.6) is 0 Å². The smallest absolute Gasteiger partial charge is 0.178 e. The van der Waals surface area contributed by atoms with E-state index in [2.05, 4.69) is 21.0 Å². The number of nitrogens with zero attached hydrogens (tertiary/aromatic N) is 2. The van der Waals surface area contributed by atoms with E-state index < -0.39 is 0 Å². The van der Waals surface area contributed by atoms with Gasteiger partial charge in [-0.25, -0.2) is 0 Å². The maximum Gasteiger partial charge on any atom is 0.178 e. The number of hydrogen-bond acceptors (Lipinski definition) is 3. The molecule has 5 heteroatoms. The van der Waals surface area contributed by atoms with Gasteiger partial charge in [0.15, 0.2) is 5.78 Å². The van der Waals surface area contributed by atoms with Crippen LogP contribution in [0.15, 0.2) is 22.8 Å². The SMILES string of the molecule is Cn1nc(Br)c2cccc(C(=O)CN)c21. The first-order chi connectivity index (χ1) is 7.15. The zero-order chi connectivity index (χ0) is 11.0. The van der Waals surface area contributed by atoms with Crippen LogP contribution in [0.1, 0.15) is 10.4 Å². The third-order valence-electron chi connectivity index (χ3n) is 2.31. The normalized spacial score (nSPS) is 10.9. The highest BCUT2D eigenvalue weighted by Gasteiger charge is 2.14. The summed E-state index contributed by atoms with van der Waals surface area (Å²) < 4.78 is 2.43. The molecule has 0 aliphatic carbocycles. The molecule has 2 rings (SSSR count). The lowest BCUT2D eigenvalue weighted by molar-refractivity contribution is 0.100. The standard InChI is InChI=1S/C10H10BrN3O/c1-14-9-6(8(15)5-12)3-2-4-7(9)10(11)13-14/h2-4H,5,12H2,1H3. The van der Waals surface area contributed by atoms with E-state index in [1.54, 1.807) is 17.8 Å². The van der Waals surface area contributed by atoms with Gasteiger partial charge in [0, 0.05) is 18.0 Å². The second kappa shape index (κ2) is 3.75. The summed E-state index contributed by atoms with van der Waals surface area (Å²) in [6, 6.07) is 5.52. The highest BCUT2D eigenvalue weighted by Crippen LogP contribution is 2.25. The third-order valence-corrected chi connectivity index (χ3v) is 2.89. The Kier molecular flexibility index (Phi) is 2.58. The molecule has 2 aromatic rings. The van der Waals surface area contributed by atoms with Gasteiger partial charge in [-0.15, -0.1) is 0 Å². The molecule has 0 fully saturated rings. The molecule has 0 spiro atoms. The van der Waals surface area contributed by atoms with Crippen molar-refractivity contribution in [3.63, 3.8) is 0 Å². The molecule has 0 unspecified atom stereocenters. The van der Waals surface area contributed by atoms with Crippen molar-refractivity contribution in [1.82, 2.24) is 9.78 Å². The van der Waals surface area contributed by atoms with Crippen LogP contribution < -0.4 is 5.73 Å². The Morgan fingerprint density at radius 2 is 2.33 bits per heavy atom. The number of hydrogen-bond donors (Lipinski definition) is 1. The predicted molar refractivity (Wildman–Crippen MR) is 61.8 cm³/mol. The van der Waals surface area contributed by atoms with Gasteiger partial charge in [0.25, 0.3) is 0 Å².